The Kier molecular flexibility index (Phi) is 7.74. The van der Waals surface area contributed by atoms with E-state index in [1.165, 1.54) is 16.4 Å². The Morgan fingerprint density at radius 1 is 1.36 bits per heavy atom. The summed E-state index contributed by atoms with van der Waals surface area (Å²) in [7, 11) is -1.67. The van der Waals surface area contributed by atoms with E-state index in [1.54, 1.807) is 0 Å². The molecule has 0 radical (unpaired) electrons. The Balaban J connectivity index is 0.00000242. The Labute approximate surface area is 146 Å². The van der Waals surface area contributed by atoms with Gasteiger partial charge in [-0.1, -0.05) is 0 Å². The highest BCUT2D eigenvalue weighted by Gasteiger charge is 2.29. The molecule has 1 fully saturated rings. The summed E-state index contributed by atoms with van der Waals surface area (Å²) in [4.78, 5) is 0.0249. The molecule has 1 aliphatic rings. The van der Waals surface area contributed by atoms with Crippen LogP contribution in [0.3, 0.4) is 0 Å². The topological polar surface area (TPSA) is 49.4 Å². The molecule has 0 bridgehead atoms. The number of halogens is 3. The maximum Gasteiger partial charge on any atom is 0.243 e. The van der Waals surface area contributed by atoms with Gasteiger partial charge in [0.15, 0.2) is 0 Å². The first-order valence-electron chi connectivity index (χ1n) is 7.05. The van der Waals surface area contributed by atoms with Crippen LogP contribution in [0.25, 0.3) is 0 Å². The number of benzene rings is 1. The van der Waals surface area contributed by atoms with Crippen molar-refractivity contribution < 1.29 is 12.8 Å². The largest absolute Gasteiger partial charge is 0.320 e. The third-order valence-corrected chi connectivity index (χ3v) is 6.44. The van der Waals surface area contributed by atoms with Gasteiger partial charge in [0.2, 0.25) is 10.0 Å². The first-order valence-corrected chi connectivity index (χ1v) is 9.28. The average molecular weight is 416 g/mol. The Morgan fingerprint density at radius 2 is 2.00 bits per heavy atom. The Morgan fingerprint density at radius 3 is 2.55 bits per heavy atom. The number of rotatable bonds is 5. The SMILES string of the molecule is CNCCC1CCN(S(=O)(=O)c2ccc(Br)c(F)c2)CC1.Cl. The van der Waals surface area contributed by atoms with Gasteiger partial charge in [-0.15, -0.1) is 12.4 Å². The van der Waals surface area contributed by atoms with E-state index in [9.17, 15) is 12.8 Å². The van der Waals surface area contributed by atoms with Gasteiger partial charge in [-0.2, -0.15) is 4.31 Å². The molecule has 0 atom stereocenters. The smallest absolute Gasteiger partial charge is 0.243 e. The molecule has 0 amide bonds. The minimum Gasteiger partial charge on any atom is -0.320 e. The van der Waals surface area contributed by atoms with Crippen molar-refractivity contribution >= 4 is 38.4 Å². The number of sulfonamides is 1. The van der Waals surface area contributed by atoms with Crippen LogP contribution in [0, 0.1) is 11.7 Å². The molecule has 0 aromatic heterocycles. The summed E-state index contributed by atoms with van der Waals surface area (Å²) < 4.78 is 40.3. The third kappa shape index (κ3) is 4.64. The predicted molar refractivity (Wildman–Crippen MR) is 91.4 cm³/mol. The van der Waals surface area contributed by atoms with E-state index in [-0.39, 0.29) is 21.8 Å². The van der Waals surface area contributed by atoms with Crippen LogP contribution in [0.5, 0.6) is 0 Å². The molecule has 1 saturated heterocycles. The second-order valence-corrected chi connectivity index (χ2v) is 8.11. The summed E-state index contributed by atoms with van der Waals surface area (Å²) in [6.45, 7) is 1.97. The molecular formula is C14H21BrClFN2O2S. The van der Waals surface area contributed by atoms with Crippen molar-refractivity contribution in [2.45, 2.75) is 24.2 Å². The monoisotopic (exact) mass is 414 g/mol. The fourth-order valence-electron chi connectivity index (χ4n) is 2.57. The van der Waals surface area contributed by atoms with Gasteiger partial charge in [-0.05, 0) is 72.9 Å². The lowest BCUT2D eigenvalue weighted by molar-refractivity contribution is 0.263. The molecule has 126 valence electrons. The van der Waals surface area contributed by atoms with Gasteiger partial charge in [-0.3, -0.25) is 0 Å². The zero-order valence-corrected chi connectivity index (χ0v) is 15.6. The lowest BCUT2D eigenvalue weighted by Gasteiger charge is -2.31. The molecule has 1 aliphatic heterocycles. The van der Waals surface area contributed by atoms with Crippen LogP contribution in [0.2, 0.25) is 0 Å². The van der Waals surface area contributed by atoms with Gasteiger partial charge in [0.25, 0.3) is 0 Å². The van der Waals surface area contributed by atoms with Crippen molar-refractivity contribution in [3.63, 3.8) is 0 Å². The van der Waals surface area contributed by atoms with Crippen molar-refractivity contribution in [2.75, 3.05) is 26.7 Å². The molecule has 0 saturated carbocycles. The van der Waals surface area contributed by atoms with Crippen LogP contribution in [0.4, 0.5) is 4.39 Å². The lowest BCUT2D eigenvalue weighted by atomic mass is 9.95. The van der Waals surface area contributed by atoms with E-state index < -0.39 is 15.8 Å². The molecule has 8 heteroatoms. The number of piperidine rings is 1. The summed E-state index contributed by atoms with van der Waals surface area (Å²) in [6.07, 6.45) is 2.79. The molecule has 2 rings (SSSR count). The molecule has 4 nitrogen and oxygen atoms in total. The van der Waals surface area contributed by atoms with Gasteiger partial charge < -0.3 is 5.32 Å². The van der Waals surface area contributed by atoms with Crippen LogP contribution in [-0.2, 0) is 10.0 Å². The van der Waals surface area contributed by atoms with E-state index in [2.05, 4.69) is 21.2 Å². The molecule has 1 aromatic carbocycles. The van der Waals surface area contributed by atoms with Crippen molar-refractivity contribution in [2.24, 2.45) is 5.92 Å². The first-order chi connectivity index (χ1) is 9.95. The van der Waals surface area contributed by atoms with E-state index in [0.717, 1.165) is 31.9 Å². The fourth-order valence-corrected chi connectivity index (χ4v) is 4.30. The Hall–Kier alpha value is -0.210. The van der Waals surface area contributed by atoms with Gasteiger partial charge in [0.05, 0.1) is 9.37 Å². The molecule has 1 N–H and O–H groups in total. The zero-order chi connectivity index (χ0) is 15.5. The van der Waals surface area contributed by atoms with Crippen LogP contribution in [0.15, 0.2) is 27.6 Å². The molecular weight excluding hydrogens is 395 g/mol. The molecule has 1 aromatic rings. The Bertz CT molecular complexity index is 593. The molecule has 22 heavy (non-hydrogen) atoms. The van der Waals surface area contributed by atoms with Crippen LogP contribution in [-0.4, -0.2) is 39.4 Å². The van der Waals surface area contributed by atoms with Gasteiger partial charge in [0, 0.05) is 13.1 Å². The minimum absolute atomic E-state index is 0. The minimum atomic E-state index is -3.59. The number of nitrogens with one attached hydrogen (secondary N) is 1. The molecule has 0 unspecified atom stereocenters. The van der Waals surface area contributed by atoms with Crippen LogP contribution >= 0.6 is 28.3 Å². The summed E-state index contributed by atoms with van der Waals surface area (Å²) in [5, 5.41) is 3.12. The van der Waals surface area contributed by atoms with Gasteiger partial charge in [-0.25, -0.2) is 12.8 Å². The summed E-state index contributed by atoms with van der Waals surface area (Å²) in [5.74, 6) is 0.00513. The normalized spacial score (nSPS) is 17.2. The van der Waals surface area contributed by atoms with E-state index in [4.69, 9.17) is 0 Å². The average Bonchev–Trinajstić information content (AvgIpc) is 2.48. The second kappa shape index (κ2) is 8.59. The van der Waals surface area contributed by atoms with Crippen LogP contribution < -0.4 is 5.32 Å². The van der Waals surface area contributed by atoms with Gasteiger partial charge in [0.1, 0.15) is 5.82 Å². The first kappa shape index (κ1) is 19.8. The van der Waals surface area contributed by atoms with Crippen molar-refractivity contribution in [1.29, 1.82) is 0 Å². The van der Waals surface area contributed by atoms with E-state index in [1.807, 2.05) is 7.05 Å². The van der Waals surface area contributed by atoms with Crippen molar-refractivity contribution in [3.05, 3.63) is 28.5 Å². The number of hydrogen-bond donors (Lipinski definition) is 1. The molecule has 0 spiro atoms. The van der Waals surface area contributed by atoms with Crippen molar-refractivity contribution in [3.8, 4) is 0 Å². The third-order valence-electron chi connectivity index (χ3n) is 3.90. The van der Waals surface area contributed by atoms with Gasteiger partial charge >= 0.3 is 0 Å². The standard InChI is InChI=1S/C14H20BrFN2O2S.ClH/c1-17-7-4-11-5-8-18(9-6-11)21(19,20)12-2-3-13(15)14(16)10-12;/h2-3,10-11,17H,4-9H2,1H3;1H. The summed E-state index contributed by atoms with van der Waals surface area (Å²) in [5.41, 5.74) is 0. The van der Waals surface area contributed by atoms with E-state index >= 15 is 0 Å². The predicted octanol–water partition coefficient (Wildman–Crippen LogP) is 3.02. The number of hydrogen-bond acceptors (Lipinski definition) is 3. The molecule has 1 heterocycles. The number of nitrogens with zero attached hydrogens (tertiary/aromatic N) is 1. The highest BCUT2D eigenvalue weighted by Crippen LogP contribution is 2.27. The summed E-state index contributed by atoms with van der Waals surface area (Å²) in [6, 6.07) is 3.95. The highest BCUT2D eigenvalue weighted by atomic mass is 79.9. The van der Waals surface area contributed by atoms with Crippen LogP contribution in [0.1, 0.15) is 19.3 Å². The quantitative estimate of drug-likeness (QED) is 0.804. The zero-order valence-electron chi connectivity index (χ0n) is 12.4. The maximum absolute atomic E-state index is 13.5. The van der Waals surface area contributed by atoms with E-state index in [0.29, 0.717) is 19.0 Å². The fraction of sp³-hybridized carbons (Fsp3) is 0.571. The summed E-state index contributed by atoms with van der Waals surface area (Å²) >= 11 is 3.03. The van der Waals surface area contributed by atoms with Crippen molar-refractivity contribution in [1.82, 2.24) is 9.62 Å². The maximum atomic E-state index is 13.5. The highest BCUT2D eigenvalue weighted by molar-refractivity contribution is 9.10. The molecule has 0 aliphatic carbocycles. The second-order valence-electron chi connectivity index (χ2n) is 5.32. The lowest BCUT2D eigenvalue weighted by Crippen LogP contribution is -2.38.